The molecule has 200 valence electrons. The number of piperazine rings is 1. The van der Waals surface area contributed by atoms with Gasteiger partial charge < -0.3 is 31.1 Å². The molecule has 1 atom stereocenters. The SMILES string of the molecule is CCCC1(F)CNc2c(C(=O)Nc3cncc(F)c3N3CCN(C(=O)C4CN(C)C4)CC3)c(N)nn2C1. The third-order valence-corrected chi connectivity index (χ3v) is 7.35. The minimum Gasteiger partial charge on any atom is -0.381 e. The van der Waals surface area contributed by atoms with Gasteiger partial charge in [0.2, 0.25) is 5.91 Å². The monoisotopic (exact) mass is 517 g/mol. The number of hydrogen-bond acceptors (Lipinski definition) is 8. The molecule has 2 fully saturated rings. The number of amides is 2. The Morgan fingerprint density at radius 3 is 2.65 bits per heavy atom. The van der Waals surface area contributed by atoms with E-state index in [0.717, 1.165) is 19.3 Å². The van der Waals surface area contributed by atoms with E-state index in [1.807, 2.05) is 18.9 Å². The lowest BCUT2D eigenvalue weighted by molar-refractivity contribution is -0.140. The van der Waals surface area contributed by atoms with Gasteiger partial charge in [-0.25, -0.2) is 13.5 Å². The Balaban J connectivity index is 1.31. The fourth-order valence-electron chi connectivity index (χ4n) is 5.47. The summed E-state index contributed by atoms with van der Waals surface area (Å²) >= 11 is 0. The molecule has 4 N–H and O–H groups in total. The van der Waals surface area contributed by atoms with Crippen molar-refractivity contribution in [2.24, 2.45) is 5.92 Å². The lowest BCUT2D eigenvalue weighted by Crippen LogP contribution is -2.57. The summed E-state index contributed by atoms with van der Waals surface area (Å²) in [5, 5.41) is 9.86. The van der Waals surface area contributed by atoms with E-state index in [2.05, 4.69) is 25.6 Å². The molecular formula is C24H33F2N9O2. The minimum atomic E-state index is -1.48. The molecule has 5 rings (SSSR count). The van der Waals surface area contributed by atoms with Gasteiger partial charge >= 0.3 is 0 Å². The van der Waals surface area contributed by atoms with E-state index in [1.165, 1.54) is 10.9 Å². The van der Waals surface area contributed by atoms with Gasteiger partial charge in [-0.3, -0.25) is 14.6 Å². The largest absolute Gasteiger partial charge is 0.381 e. The van der Waals surface area contributed by atoms with E-state index in [1.54, 1.807) is 4.90 Å². The van der Waals surface area contributed by atoms with E-state index in [4.69, 9.17) is 5.73 Å². The topological polar surface area (TPSA) is 125 Å². The van der Waals surface area contributed by atoms with E-state index in [-0.39, 0.29) is 47.7 Å². The normalized spacial score (nSPS) is 22.3. The van der Waals surface area contributed by atoms with Gasteiger partial charge in [0, 0.05) is 39.3 Å². The maximum absolute atomic E-state index is 15.1. The quantitative estimate of drug-likeness (QED) is 0.525. The first-order valence-electron chi connectivity index (χ1n) is 12.7. The second kappa shape index (κ2) is 9.77. The van der Waals surface area contributed by atoms with Crippen LogP contribution in [0.5, 0.6) is 0 Å². The summed E-state index contributed by atoms with van der Waals surface area (Å²) < 4.78 is 31.4. The summed E-state index contributed by atoms with van der Waals surface area (Å²) in [5.74, 6) is -0.728. The van der Waals surface area contributed by atoms with Crippen molar-refractivity contribution in [2.45, 2.75) is 32.0 Å². The number of nitrogens with one attached hydrogen (secondary N) is 2. The molecule has 3 aliphatic heterocycles. The maximum Gasteiger partial charge on any atom is 0.263 e. The highest BCUT2D eigenvalue weighted by molar-refractivity contribution is 6.12. The third-order valence-electron chi connectivity index (χ3n) is 7.35. The number of carbonyl (C=O) groups is 2. The molecule has 1 unspecified atom stereocenters. The molecule has 0 bridgehead atoms. The number of carbonyl (C=O) groups excluding carboxylic acids is 2. The van der Waals surface area contributed by atoms with Gasteiger partial charge in [-0.05, 0) is 13.5 Å². The van der Waals surface area contributed by atoms with Gasteiger partial charge in [-0.15, -0.1) is 0 Å². The van der Waals surface area contributed by atoms with Gasteiger partial charge in [0.25, 0.3) is 5.91 Å². The van der Waals surface area contributed by atoms with Gasteiger partial charge in [0.15, 0.2) is 11.6 Å². The van der Waals surface area contributed by atoms with Crippen LogP contribution in [-0.2, 0) is 11.3 Å². The molecule has 0 radical (unpaired) electrons. The second-order valence-corrected chi connectivity index (χ2v) is 10.2. The van der Waals surface area contributed by atoms with Crippen molar-refractivity contribution < 1.29 is 18.4 Å². The van der Waals surface area contributed by atoms with Gasteiger partial charge in [0.05, 0.1) is 37.1 Å². The summed E-state index contributed by atoms with van der Waals surface area (Å²) in [5.41, 5.74) is 5.04. The van der Waals surface area contributed by atoms with Crippen LogP contribution in [0.1, 0.15) is 30.1 Å². The smallest absolute Gasteiger partial charge is 0.263 e. The standard InChI is InChI=1S/C24H33F2N9O2/c1-3-4-24(26)13-29-21-18(20(27)31-35(21)14-24)22(36)30-17-10-28-9-16(25)19(17)33-5-7-34(8-6-33)23(37)15-11-32(2)12-15/h9-10,15,29H,3-8,11-14H2,1-2H3,(H2,27,31)(H,30,36). The van der Waals surface area contributed by atoms with Crippen LogP contribution >= 0.6 is 0 Å². The minimum absolute atomic E-state index is 0.00638. The fraction of sp³-hybridized carbons (Fsp3) is 0.583. The number of hydrogen-bond donors (Lipinski definition) is 3. The van der Waals surface area contributed by atoms with Crippen LogP contribution in [0.15, 0.2) is 12.4 Å². The summed E-state index contributed by atoms with van der Waals surface area (Å²) in [4.78, 5) is 35.6. The van der Waals surface area contributed by atoms with Crippen LogP contribution in [-0.4, -0.2) is 94.9 Å². The molecule has 2 aromatic heterocycles. The van der Waals surface area contributed by atoms with Crippen LogP contribution < -0.4 is 21.3 Å². The van der Waals surface area contributed by atoms with Crippen LogP contribution in [0.4, 0.5) is 31.8 Å². The Kier molecular flexibility index (Phi) is 6.65. The highest BCUT2D eigenvalue weighted by Crippen LogP contribution is 2.34. The van der Waals surface area contributed by atoms with Gasteiger partial charge in [0.1, 0.15) is 22.7 Å². The first-order valence-corrected chi connectivity index (χ1v) is 12.7. The van der Waals surface area contributed by atoms with Crippen molar-refractivity contribution in [1.29, 1.82) is 0 Å². The molecule has 0 spiro atoms. The van der Waals surface area contributed by atoms with Crippen molar-refractivity contribution >= 4 is 34.8 Å². The summed E-state index contributed by atoms with van der Waals surface area (Å²) in [6.45, 7) is 5.22. The third kappa shape index (κ3) is 4.79. The lowest BCUT2D eigenvalue weighted by Gasteiger charge is -2.42. The molecule has 0 saturated carbocycles. The number of pyridine rings is 1. The van der Waals surface area contributed by atoms with E-state index < -0.39 is 17.4 Å². The summed E-state index contributed by atoms with van der Waals surface area (Å²) in [6, 6.07) is 0. The number of halogens is 2. The highest BCUT2D eigenvalue weighted by atomic mass is 19.1. The number of anilines is 4. The fourth-order valence-corrected chi connectivity index (χ4v) is 5.47. The Bertz CT molecular complexity index is 1190. The zero-order valence-electron chi connectivity index (χ0n) is 21.1. The zero-order chi connectivity index (χ0) is 26.3. The Labute approximate surface area is 214 Å². The van der Waals surface area contributed by atoms with Crippen molar-refractivity contribution in [1.82, 2.24) is 24.6 Å². The highest BCUT2D eigenvalue weighted by Gasteiger charge is 2.38. The lowest BCUT2D eigenvalue weighted by atomic mass is 9.98. The Hall–Kier alpha value is -3.48. The Morgan fingerprint density at radius 1 is 1.24 bits per heavy atom. The summed E-state index contributed by atoms with van der Waals surface area (Å²) in [6.07, 6.45) is 3.51. The molecule has 13 heteroatoms. The molecule has 2 aromatic rings. The van der Waals surface area contributed by atoms with Crippen molar-refractivity contribution in [3.05, 3.63) is 23.8 Å². The molecule has 37 heavy (non-hydrogen) atoms. The molecule has 2 saturated heterocycles. The number of alkyl halides is 1. The van der Waals surface area contributed by atoms with Crippen LogP contribution in [0.3, 0.4) is 0 Å². The number of rotatable bonds is 6. The van der Waals surface area contributed by atoms with Crippen LogP contribution in [0.25, 0.3) is 0 Å². The van der Waals surface area contributed by atoms with Crippen LogP contribution in [0.2, 0.25) is 0 Å². The molecule has 2 amide bonds. The van der Waals surface area contributed by atoms with Crippen molar-refractivity contribution in [2.75, 3.05) is 74.1 Å². The molecule has 11 nitrogen and oxygen atoms in total. The van der Waals surface area contributed by atoms with Crippen LogP contribution in [0, 0.1) is 11.7 Å². The molecule has 0 aliphatic carbocycles. The Morgan fingerprint density at radius 2 is 1.97 bits per heavy atom. The molecule has 0 aromatic carbocycles. The summed E-state index contributed by atoms with van der Waals surface area (Å²) in [7, 11) is 1.98. The second-order valence-electron chi connectivity index (χ2n) is 10.2. The van der Waals surface area contributed by atoms with Crippen molar-refractivity contribution in [3.8, 4) is 0 Å². The van der Waals surface area contributed by atoms with Gasteiger partial charge in [-0.2, -0.15) is 5.10 Å². The zero-order valence-corrected chi connectivity index (χ0v) is 21.1. The number of nitrogens with two attached hydrogens (primary N) is 1. The molecule has 3 aliphatic rings. The first-order chi connectivity index (χ1) is 17.7. The van der Waals surface area contributed by atoms with E-state index >= 15 is 4.39 Å². The number of nitrogens with zero attached hydrogens (tertiary/aromatic N) is 6. The average molecular weight is 518 g/mol. The number of aromatic nitrogens is 3. The first kappa shape index (κ1) is 25.2. The maximum atomic E-state index is 15.1. The van der Waals surface area contributed by atoms with E-state index in [0.29, 0.717) is 44.8 Å². The van der Waals surface area contributed by atoms with Crippen molar-refractivity contribution in [3.63, 3.8) is 0 Å². The number of fused-ring (bicyclic) bond motifs is 1. The molecular weight excluding hydrogens is 484 g/mol. The predicted octanol–water partition coefficient (Wildman–Crippen LogP) is 1.40. The van der Waals surface area contributed by atoms with E-state index in [9.17, 15) is 14.0 Å². The van der Waals surface area contributed by atoms with Gasteiger partial charge in [-0.1, -0.05) is 13.3 Å². The molecule has 5 heterocycles. The predicted molar refractivity (Wildman–Crippen MR) is 136 cm³/mol. The average Bonchev–Trinajstić information content (AvgIpc) is 3.16. The number of likely N-dealkylation sites (tertiary alicyclic amines) is 1. The number of nitrogen functional groups attached to an aromatic ring is 1.